The van der Waals surface area contributed by atoms with Gasteiger partial charge < -0.3 is 9.64 Å². The summed E-state index contributed by atoms with van der Waals surface area (Å²) < 4.78 is 19.1. The molecule has 1 aromatic rings. The van der Waals surface area contributed by atoms with Crippen molar-refractivity contribution in [3.63, 3.8) is 0 Å². The van der Waals surface area contributed by atoms with Gasteiger partial charge in [-0.1, -0.05) is 6.92 Å². The molecule has 0 amide bonds. The predicted octanol–water partition coefficient (Wildman–Crippen LogP) is 2.23. The molecule has 1 aliphatic rings. The molecule has 2 unspecified atom stereocenters. The Morgan fingerprint density at radius 1 is 1.61 bits per heavy atom. The molecule has 2 rings (SSSR count). The van der Waals surface area contributed by atoms with Crippen molar-refractivity contribution < 1.29 is 13.9 Å². The van der Waals surface area contributed by atoms with Crippen LogP contribution in [-0.4, -0.2) is 31.2 Å². The van der Waals surface area contributed by atoms with Crippen molar-refractivity contribution in [3.8, 4) is 0 Å². The quantitative estimate of drug-likeness (QED) is 0.785. The molecule has 2 heterocycles. The zero-order chi connectivity index (χ0) is 13.3. The predicted molar refractivity (Wildman–Crippen MR) is 68.8 cm³/mol. The second-order valence-corrected chi connectivity index (χ2v) is 5.39. The van der Waals surface area contributed by atoms with Gasteiger partial charge in [0.05, 0.1) is 13.0 Å². The molecule has 0 aromatic carbocycles. The van der Waals surface area contributed by atoms with Crippen LogP contribution in [-0.2, 0) is 9.53 Å². The van der Waals surface area contributed by atoms with E-state index in [0.29, 0.717) is 17.6 Å². The number of ether oxygens (including phenoxy) is 1. The van der Waals surface area contributed by atoms with Crippen LogP contribution in [0.2, 0.25) is 0 Å². The fraction of sp³-hybridized carbons (Fsp3) is 0.500. The summed E-state index contributed by atoms with van der Waals surface area (Å²) in [4.78, 5) is 17.4. The minimum absolute atomic E-state index is 0.127. The molecule has 0 bridgehead atoms. The van der Waals surface area contributed by atoms with Gasteiger partial charge in [-0.3, -0.25) is 4.79 Å². The maximum absolute atomic E-state index is 13.8. The van der Waals surface area contributed by atoms with Crippen LogP contribution in [0.5, 0.6) is 0 Å². The highest BCUT2D eigenvalue weighted by atomic mass is 79.9. The molecule has 1 saturated heterocycles. The number of anilines is 1. The first-order chi connectivity index (χ1) is 8.52. The molecule has 0 N–H and O–H groups in total. The van der Waals surface area contributed by atoms with Crippen LogP contribution < -0.4 is 4.90 Å². The zero-order valence-corrected chi connectivity index (χ0v) is 11.8. The van der Waals surface area contributed by atoms with Gasteiger partial charge in [0.2, 0.25) is 0 Å². The Bertz CT molecular complexity index is 469. The van der Waals surface area contributed by atoms with Crippen LogP contribution in [0.3, 0.4) is 0 Å². The Hall–Kier alpha value is -1.17. The van der Waals surface area contributed by atoms with E-state index in [1.54, 1.807) is 11.1 Å². The molecule has 0 radical (unpaired) electrons. The lowest BCUT2D eigenvalue weighted by Crippen LogP contribution is -2.25. The lowest BCUT2D eigenvalue weighted by molar-refractivity contribution is -0.145. The number of rotatable bonds is 2. The van der Waals surface area contributed by atoms with Gasteiger partial charge in [-0.15, -0.1) is 0 Å². The van der Waals surface area contributed by atoms with Gasteiger partial charge in [0.15, 0.2) is 11.6 Å². The summed E-state index contributed by atoms with van der Waals surface area (Å²) in [6.07, 6.45) is 1.55. The van der Waals surface area contributed by atoms with Gasteiger partial charge in [0.25, 0.3) is 0 Å². The van der Waals surface area contributed by atoms with Crippen molar-refractivity contribution in [2.45, 2.75) is 6.92 Å². The number of carbonyl (C=O) groups excluding carboxylic acids is 1. The van der Waals surface area contributed by atoms with Gasteiger partial charge in [0.1, 0.15) is 0 Å². The SMILES string of the molecule is COC(=O)C1CN(c2ncc(Br)cc2F)CC1C. The topological polar surface area (TPSA) is 42.4 Å². The van der Waals surface area contributed by atoms with Crippen LogP contribution in [0.15, 0.2) is 16.7 Å². The van der Waals surface area contributed by atoms with Gasteiger partial charge in [0, 0.05) is 23.8 Å². The standard InChI is InChI=1S/C12H14BrFN2O2/c1-7-5-16(6-9(7)12(17)18-2)11-10(14)3-8(13)4-15-11/h3-4,7,9H,5-6H2,1-2H3. The summed E-state index contributed by atoms with van der Waals surface area (Å²) in [7, 11) is 1.37. The van der Waals surface area contributed by atoms with Gasteiger partial charge >= 0.3 is 5.97 Å². The van der Waals surface area contributed by atoms with E-state index in [1.807, 2.05) is 6.92 Å². The third kappa shape index (κ3) is 2.48. The number of esters is 1. The van der Waals surface area contributed by atoms with Gasteiger partial charge in [-0.2, -0.15) is 0 Å². The van der Waals surface area contributed by atoms with Crippen molar-refractivity contribution in [3.05, 3.63) is 22.6 Å². The van der Waals surface area contributed by atoms with E-state index in [1.165, 1.54) is 13.2 Å². The highest BCUT2D eigenvalue weighted by Gasteiger charge is 2.36. The molecule has 2 atom stereocenters. The lowest BCUT2D eigenvalue weighted by atomic mass is 9.99. The summed E-state index contributed by atoms with van der Waals surface area (Å²) in [6, 6.07) is 1.37. The van der Waals surface area contributed by atoms with Crippen LogP contribution in [0, 0.1) is 17.7 Å². The number of methoxy groups -OCH3 is 1. The lowest BCUT2D eigenvalue weighted by Gasteiger charge is -2.17. The number of carbonyl (C=O) groups is 1. The molecule has 4 nitrogen and oxygen atoms in total. The number of hydrogen-bond acceptors (Lipinski definition) is 4. The normalized spacial score (nSPS) is 23.2. The largest absolute Gasteiger partial charge is 0.469 e. The monoisotopic (exact) mass is 316 g/mol. The first-order valence-corrected chi connectivity index (χ1v) is 6.46. The van der Waals surface area contributed by atoms with Crippen LogP contribution in [0.4, 0.5) is 10.2 Å². The highest BCUT2D eigenvalue weighted by molar-refractivity contribution is 9.10. The van der Waals surface area contributed by atoms with E-state index in [2.05, 4.69) is 20.9 Å². The molecule has 6 heteroatoms. The van der Waals surface area contributed by atoms with Crippen LogP contribution in [0.25, 0.3) is 0 Å². The molecule has 98 valence electrons. The summed E-state index contributed by atoms with van der Waals surface area (Å²) in [5, 5.41) is 0. The minimum atomic E-state index is -0.387. The summed E-state index contributed by atoms with van der Waals surface area (Å²) in [5.74, 6) is -0.441. The average Bonchev–Trinajstić information content (AvgIpc) is 2.70. The molecular weight excluding hydrogens is 303 g/mol. The van der Waals surface area contributed by atoms with E-state index in [4.69, 9.17) is 4.74 Å². The summed E-state index contributed by atoms with van der Waals surface area (Å²) in [5.41, 5.74) is 0. The maximum atomic E-state index is 13.8. The molecule has 0 spiro atoms. The Morgan fingerprint density at radius 2 is 2.33 bits per heavy atom. The first kappa shape index (κ1) is 13.3. The second kappa shape index (κ2) is 5.22. The van der Waals surface area contributed by atoms with Crippen LogP contribution >= 0.6 is 15.9 Å². The number of nitrogens with zero attached hydrogens (tertiary/aromatic N) is 2. The average molecular weight is 317 g/mol. The molecule has 18 heavy (non-hydrogen) atoms. The Labute approximate surface area is 113 Å². The van der Waals surface area contributed by atoms with Crippen molar-refractivity contribution in [1.82, 2.24) is 4.98 Å². The van der Waals surface area contributed by atoms with Crippen molar-refractivity contribution in [2.24, 2.45) is 11.8 Å². The van der Waals surface area contributed by atoms with Crippen molar-refractivity contribution >= 4 is 27.7 Å². The zero-order valence-electron chi connectivity index (χ0n) is 10.2. The van der Waals surface area contributed by atoms with Crippen molar-refractivity contribution in [2.75, 3.05) is 25.1 Å². The minimum Gasteiger partial charge on any atom is -0.469 e. The van der Waals surface area contributed by atoms with Gasteiger partial charge in [-0.05, 0) is 27.9 Å². The fourth-order valence-electron chi connectivity index (χ4n) is 2.24. The molecule has 0 aliphatic carbocycles. The molecule has 1 aliphatic heterocycles. The number of aromatic nitrogens is 1. The molecule has 0 saturated carbocycles. The smallest absolute Gasteiger partial charge is 0.310 e. The Balaban J connectivity index is 2.19. The second-order valence-electron chi connectivity index (χ2n) is 4.47. The summed E-state index contributed by atoms with van der Waals surface area (Å²) >= 11 is 3.17. The maximum Gasteiger partial charge on any atom is 0.310 e. The Kier molecular flexibility index (Phi) is 3.85. The number of halogens is 2. The third-order valence-electron chi connectivity index (χ3n) is 3.20. The van der Waals surface area contributed by atoms with E-state index in [-0.39, 0.29) is 29.4 Å². The van der Waals surface area contributed by atoms with Crippen molar-refractivity contribution in [1.29, 1.82) is 0 Å². The van der Waals surface area contributed by atoms with E-state index in [0.717, 1.165) is 0 Å². The molecule has 1 fully saturated rings. The third-order valence-corrected chi connectivity index (χ3v) is 3.64. The van der Waals surface area contributed by atoms with E-state index in [9.17, 15) is 9.18 Å². The fourth-order valence-corrected chi connectivity index (χ4v) is 2.54. The number of pyridine rings is 1. The summed E-state index contributed by atoms with van der Waals surface area (Å²) in [6.45, 7) is 3.00. The number of hydrogen-bond donors (Lipinski definition) is 0. The molecule has 1 aromatic heterocycles. The molecular formula is C12H14BrFN2O2. The van der Waals surface area contributed by atoms with E-state index >= 15 is 0 Å². The highest BCUT2D eigenvalue weighted by Crippen LogP contribution is 2.29. The van der Waals surface area contributed by atoms with Crippen LogP contribution in [0.1, 0.15) is 6.92 Å². The first-order valence-electron chi connectivity index (χ1n) is 5.66. The van der Waals surface area contributed by atoms with Gasteiger partial charge in [-0.25, -0.2) is 9.37 Å². The van der Waals surface area contributed by atoms with E-state index < -0.39 is 0 Å². The Morgan fingerprint density at radius 3 is 2.94 bits per heavy atom.